The van der Waals surface area contributed by atoms with Crippen molar-refractivity contribution in [1.29, 1.82) is 0 Å². The zero-order valence-corrected chi connectivity index (χ0v) is 35.2. The quantitative estimate of drug-likeness (QED) is 0.174. The number of allylic oxidation sites excluding steroid dienone is 1. The third kappa shape index (κ3) is 6.08. The average molecular weight is 773 g/mol. The minimum atomic E-state index is -0.122. The van der Waals surface area contributed by atoms with Gasteiger partial charge in [0.05, 0.1) is 0 Å². The molecule has 0 saturated carbocycles. The van der Waals surface area contributed by atoms with Gasteiger partial charge in [-0.15, -0.1) is 0 Å². The largest absolute Gasteiger partial charge is 0.456 e. The third-order valence-corrected chi connectivity index (χ3v) is 12.9. The van der Waals surface area contributed by atoms with Crippen molar-refractivity contribution in [1.82, 2.24) is 0 Å². The van der Waals surface area contributed by atoms with Gasteiger partial charge < -0.3 is 4.42 Å². The van der Waals surface area contributed by atoms with Crippen molar-refractivity contribution >= 4 is 61.5 Å². The maximum absolute atomic E-state index is 6.28. The molecule has 8 aromatic carbocycles. The minimum absolute atomic E-state index is 0.122. The molecule has 0 N–H and O–H groups in total. The van der Waals surface area contributed by atoms with Crippen LogP contribution >= 0.6 is 0 Å². The summed E-state index contributed by atoms with van der Waals surface area (Å²) in [5.41, 5.74) is 14.7. The Morgan fingerprint density at radius 3 is 1.65 bits per heavy atom. The molecule has 1 nitrogen and oxygen atoms in total. The Morgan fingerprint density at radius 2 is 0.983 bits per heavy atom. The van der Waals surface area contributed by atoms with Crippen LogP contribution in [0.1, 0.15) is 57.1 Å². The Bertz CT molecular complexity index is 3440. The first-order valence-electron chi connectivity index (χ1n) is 21.2. The first-order valence-corrected chi connectivity index (χ1v) is 21.2. The van der Waals surface area contributed by atoms with E-state index in [1.165, 1.54) is 109 Å². The normalized spacial score (nSPS) is 13.8. The van der Waals surface area contributed by atoms with E-state index in [1.807, 2.05) is 13.0 Å². The number of aryl methyl sites for hydroxylation is 1. The van der Waals surface area contributed by atoms with Crippen LogP contribution in [0.2, 0.25) is 0 Å². The second-order valence-corrected chi connectivity index (χ2v) is 16.7. The molecule has 1 heteroatoms. The highest BCUT2D eigenvalue weighted by Crippen LogP contribution is 2.51. The summed E-state index contributed by atoms with van der Waals surface area (Å²) in [6.07, 6.45) is 8.63. The lowest BCUT2D eigenvalue weighted by molar-refractivity contribution is 0.601. The molecule has 9 aromatic rings. The van der Waals surface area contributed by atoms with Crippen LogP contribution in [0.15, 0.2) is 168 Å². The van der Waals surface area contributed by atoms with E-state index in [4.69, 9.17) is 4.42 Å². The molecule has 0 saturated heterocycles. The first kappa shape index (κ1) is 37.3. The second kappa shape index (κ2) is 14.7. The van der Waals surface area contributed by atoms with Crippen LogP contribution in [0.4, 0.5) is 0 Å². The molecule has 0 fully saturated rings. The van der Waals surface area contributed by atoms with E-state index in [-0.39, 0.29) is 5.41 Å². The maximum Gasteiger partial charge on any atom is 0.135 e. The molecule has 290 valence electrons. The van der Waals surface area contributed by atoms with Crippen LogP contribution in [-0.4, -0.2) is 0 Å². The number of benzene rings is 7. The standard InChI is InChI=1S/C59H48O/c1-7-16-56-37(4)58-51-36-55-53(35-46(51)28-30-57(58)60-56)52-34-43(27-29-54(52)59(55,5)6)41-22-23-42-33-45(26-24-40(42)31-41)50-20-13-11-10-12-19-49(47(8-2)48(50)9-3)44-25-21-38-17-14-15-18-39(38)32-44/h7-36H,1-6H3/b12-10?,13-11?,16-7-,47-8+,48-9?,49-19?,50-20?. The molecule has 0 radical (unpaired) electrons. The molecule has 0 atom stereocenters. The summed E-state index contributed by atoms with van der Waals surface area (Å²) in [4.78, 5) is 0. The predicted octanol–water partition coefficient (Wildman–Crippen LogP) is 15.3. The van der Waals surface area contributed by atoms with Crippen molar-refractivity contribution in [3.8, 4) is 44.5 Å². The molecular weight excluding hydrogens is 725 g/mol. The second-order valence-electron chi connectivity index (χ2n) is 16.7. The topological polar surface area (TPSA) is 13.1 Å². The van der Waals surface area contributed by atoms with E-state index in [9.17, 15) is 0 Å². The van der Waals surface area contributed by atoms with Gasteiger partial charge >= 0.3 is 0 Å². The van der Waals surface area contributed by atoms with E-state index in [2.05, 4.69) is 211 Å². The highest BCUT2D eigenvalue weighted by molar-refractivity contribution is 6.10. The predicted molar refractivity (Wildman–Crippen MR) is 259 cm³/mol. The number of hydrogen-bond acceptors (Lipinski definition) is 1. The molecule has 1 aliphatic rings. The molecule has 0 bridgehead atoms. The summed E-state index contributed by atoms with van der Waals surface area (Å²) in [5.74, 6) is 0.936. The van der Waals surface area contributed by atoms with Crippen molar-refractivity contribution < 1.29 is 4.42 Å². The summed E-state index contributed by atoms with van der Waals surface area (Å²) in [5, 5.41) is 11.1. The van der Waals surface area contributed by atoms with E-state index < -0.39 is 0 Å². The third-order valence-electron chi connectivity index (χ3n) is 12.9. The maximum atomic E-state index is 6.28. The van der Waals surface area contributed by atoms with Gasteiger partial charge in [-0.3, -0.25) is 0 Å². The molecule has 0 amide bonds. The van der Waals surface area contributed by atoms with Gasteiger partial charge in [-0.1, -0.05) is 147 Å². The van der Waals surface area contributed by atoms with Crippen molar-refractivity contribution in [3.63, 3.8) is 0 Å². The fourth-order valence-corrected chi connectivity index (χ4v) is 9.81. The SMILES string of the molecule is CC=c1c(-c2ccc3cc(-c4ccc5c(c4)-c4cc6ccc7oc(/C=C\C)c(C)c7c6cc4C5(C)C)ccc3c2)ccccccc(-c2ccc3ccccc3c2)/c1=C/C. The fraction of sp³-hybridized carbons (Fsp3) is 0.119. The Labute approximate surface area is 352 Å². The summed E-state index contributed by atoms with van der Waals surface area (Å²) in [6.45, 7) is 13.3. The van der Waals surface area contributed by atoms with Crippen LogP contribution in [0.25, 0.3) is 106 Å². The molecule has 0 spiro atoms. The van der Waals surface area contributed by atoms with Gasteiger partial charge in [-0.25, -0.2) is 0 Å². The van der Waals surface area contributed by atoms with Gasteiger partial charge in [0.1, 0.15) is 11.3 Å². The lowest BCUT2D eigenvalue weighted by Gasteiger charge is -2.22. The highest BCUT2D eigenvalue weighted by atomic mass is 16.3. The van der Waals surface area contributed by atoms with Crippen molar-refractivity contribution in [2.45, 2.75) is 47.0 Å². The molecule has 1 heterocycles. The first-order chi connectivity index (χ1) is 29.3. The Kier molecular flexibility index (Phi) is 9.14. The summed E-state index contributed by atoms with van der Waals surface area (Å²) in [6, 6.07) is 58.6. The van der Waals surface area contributed by atoms with Gasteiger partial charge in [0.25, 0.3) is 0 Å². The van der Waals surface area contributed by atoms with Gasteiger partial charge in [-0.05, 0) is 175 Å². The Balaban J connectivity index is 1.06. The molecule has 10 rings (SSSR count). The van der Waals surface area contributed by atoms with Crippen molar-refractivity contribution in [2.24, 2.45) is 0 Å². The van der Waals surface area contributed by atoms with E-state index >= 15 is 0 Å². The minimum Gasteiger partial charge on any atom is -0.456 e. The average Bonchev–Trinajstić information content (AvgIpc) is 3.71. The van der Waals surface area contributed by atoms with Crippen LogP contribution in [0, 0.1) is 6.92 Å². The number of furan rings is 1. The Hall–Kier alpha value is -6.96. The van der Waals surface area contributed by atoms with E-state index in [0.29, 0.717) is 0 Å². The van der Waals surface area contributed by atoms with Gasteiger partial charge in [0.15, 0.2) is 0 Å². The Morgan fingerprint density at radius 1 is 0.450 bits per heavy atom. The molecular formula is C59H48O. The molecule has 0 aliphatic heterocycles. The summed E-state index contributed by atoms with van der Waals surface area (Å²) < 4.78 is 6.28. The molecule has 1 aliphatic carbocycles. The van der Waals surface area contributed by atoms with E-state index in [1.54, 1.807) is 0 Å². The lowest BCUT2D eigenvalue weighted by atomic mass is 9.81. The van der Waals surface area contributed by atoms with Crippen LogP contribution in [0.3, 0.4) is 0 Å². The van der Waals surface area contributed by atoms with Gasteiger partial charge in [0, 0.05) is 16.4 Å². The lowest BCUT2D eigenvalue weighted by Crippen LogP contribution is -2.27. The van der Waals surface area contributed by atoms with Crippen LogP contribution in [0.5, 0.6) is 0 Å². The zero-order chi connectivity index (χ0) is 41.1. The van der Waals surface area contributed by atoms with Crippen LogP contribution in [-0.2, 0) is 5.41 Å². The number of hydrogen-bond donors (Lipinski definition) is 0. The van der Waals surface area contributed by atoms with Crippen LogP contribution < -0.4 is 10.4 Å². The number of rotatable bonds is 4. The summed E-state index contributed by atoms with van der Waals surface area (Å²) in [7, 11) is 0. The van der Waals surface area contributed by atoms with Crippen molar-refractivity contribution in [3.05, 3.63) is 197 Å². The summed E-state index contributed by atoms with van der Waals surface area (Å²) >= 11 is 0. The van der Waals surface area contributed by atoms with Gasteiger partial charge in [-0.2, -0.15) is 0 Å². The molecule has 60 heavy (non-hydrogen) atoms. The van der Waals surface area contributed by atoms with Crippen molar-refractivity contribution in [2.75, 3.05) is 0 Å². The number of fused-ring (bicyclic) bond motifs is 8. The molecule has 1 aromatic heterocycles. The van der Waals surface area contributed by atoms with E-state index in [0.717, 1.165) is 11.3 Å². The monoisotopic (exact) mass is 772 g/mol. The highest BCUT2D eigenvalue weighted by Gasteiger charge is 2.36. The smallest absolute Gasteiger partial charge is 0.135 e. The zero-order valence-electron chi connectivity index (χ0n) is 35.2. The molecule has 0 unspecified atom stereocenters. The fourth-order valence-electron chi connectivity index (χ4n) is 9.81. The van der Waals surface area contributed by atoms with Gasteiger partial charge in [0.2, 0.25) is 0 Å².